The van der Waals surface area contributed by atoms with Gasteiger partial charge in [0.1, 0.15) is 24.0 Å². The van der Waals surface area contributed by atoms with E-state index in [9.17, 15) is 10.1 Å². The zero-order chi connectivity index (χ0) is 23.0. The van der Waals surface area contributed by atoms with Gasteiger partial charge in [-0.05, 0) is 30.2 Å². The van der Waals surface area contributed by atoms with E-state index in [-0.39, 0.29) is 11.5 Å². The molecule has 0 amide bonds. The lowest BCUT2D eigenvalue weighted by molar-refractivity contribution is 0.305. The molecule has 0 aliphatic rings. The number of para-hydroxylation sites is 1. The van der Waals surface area contributed by atoms with E-state index in [0.29, 0.717) is 23.6 Å². The van der Waals surface area contributed by atoms with Crippen LogP contribution in [0.2, 0.25) is 0 Å². The van der Waals surface area contributed by atoms with Crippen molar-refractivity contribution < 1.29 is 4.74 Å². The summed E-state index contributed by atoms with van der Waals surface area (Å²) in [7, 11) is 0. The van der Waals surface area contributed by atoms with Crippen molar-refractivity contribution in [3.63, 3.8) is 0 Å². The molecule has 0 radical (unpaired) electrons. The summed E-state index contributed by atoms with van der Waals surface area (Å²) < 4.78 is 6.00. The summed E-state index contributed by atoms with van der Waals surface area (Å²) >= 11 is 0. The average molecular weight is 435 g/mol. The molecule has 0 fully saturated rings. The third-order valence-electron chi connectivity index (χ3n) is 5.02. The Morgan fingerprint density at radius 3 is 2.58 bits per heavy atom. The van der Waals surface area contributed by atoms with Gasteiger partial charge in [0.25, 0.3) is 5.56 Å². The van der Waals surface area contributed by atoms with Crippen molar-refractivity contribution in [2.24, 2.45) is 5.10 Å². The number of nitriles is 1. The largest absolute Gasteiger partial charge is 0.488 e. The Kier molecular flexibility index (Phi) is 6.57. The second-order valence-corrected chi connectivity index (χ2v) is 7.24. The SMILES string of the molecule is Cc1ccccc1COc1ccccc1C=NNc1nc(-c2ccccc2)c(C#N)c(=O)[nH]1. The van der Waals surface area contributed by atoms with Crippen LogP contribution >= 0.6 is 0 Å². The minimum Gasteiger partial charge on any atom is -0.488 e. The van der Waals surface area contributed by atoms with Gasteiger partial charge in [-0.15, -0.1) is 0 Å². The molecule has 1 heterocycles. The monoisotopic (exact) mass is 435 g/mol. The Hall–Kier alpha value is -4.70. The molecule has 2 N–H and O–H groups in total. The highest BCUT2D eigenvalue weighted by atomic mass is 16.5. The van der Waals surface area contributed by atoms with Crippen molar-refractivity contribution in [1.29, 1.82) is 5.26 Å². The van der Waals surface area contributed by atoms with E-state index in [4.69, 9.17) is 4.74 Å². The number of benzene rings is 3. The second kappa shape index (κ2) is 10.1. The van der Waals surface area contributed by atoms with Gasteiger partial charge in [0.2, 0.25) is 5.95 Å². The number of hydrazone groups is 1. The van der Waals surface area contributed by atoms with E-state index in [0.717, 1.165) is 16.7 Å². The molecule has 0 bridgehead atoms. The van der Waals surface area contributed by atoms with Crippen LogP contribution in [-0.2, 0) is 6.61 Å². The van der Waals surface area contributed by atoms with Crippen molar-refractivity contribution in [2.45, 2.75) is 13.5 Å². The zero-order valence-electron chi connectivity index (χ0n) is 17.9. The number of aromatic amines is 1. The van der Waals surface area contributed by atoms with E-state index in [1.807, 2.05) is 79.7 Å². The van der Waals surface area contributed by atoms with Gasteiger partial charge in [0.05, 0.1) is 11.9 Å². The van der Waals surface area contributed by atoms with Crippen molar-refractivity contribution >= 4 is 12.2 Å². The third-order valence-corrected chi connectivity index (χ3v) is 5.02. The highest BCUT2D eigenvalue weighted by molar-refractivity contribution is 5.83. The van der Waals surface area contributed by atoms with Crippen LogP contribution in [0.4, 0.5) is 5.95 Å². The number of hydrogen-bond donors (Lipinski definition) is 2. The average Bonchev–Trinajstić information content (AvgIpc) is 2.84. The van der Waals surface area contributed by atoms with Gasteiger partial charge in [-0.3, -0.25) is 9.78 Å². The summed E-state index contributed by atoms with van der Waals surface area (Å²) in [4.78, 5) is 19.3. The van der Waals surface area contributed by atoms with Crippen LogP contribution in [0.5, 0.6) is 5.75 Å². The summed E-state index contributed by atoms with van der Waals surface area (Å²) in [5, 5.41) is 13.6. The van der Waals surface area contributed by atoms with Gasteiger partial charge in [-0.2, -0.15) is 10.4 Å². The van der Waals surface area contributed by atoms with Gasteiger partial charge in [-0.1, -0.05) is 66.7 Å². The number of aromatic nitrogens is 2. The maximum Gasteiger partial charge on any atom is 0.270 e. The number of hydrogen-bond acceptors (Lipinski definition) is 6. The van der Waals surface area contributed by atoms with Crippen LogP contribution in [-0.4, -0.2) is 16.2 Å². The van der Waals surface area contributed by atoms with Gasteiger partial charge >= 0.3 is 0 Å². The lowest BCUT2D eigenvalue weighted by atomic mass is 10.1. The van der Waals surface area contributed by atoms with E-state index in [1.165, 1.54) is 0 Å². The first kappa shape index (κ1) is 21.5. The predicted octanol–water partition coefficient (Wildman–Crippen LogP) is 4.64. The van der Waals surface area contributed by atoms with Crippen LogP contribution < -0.4 is 15.7 Å². The number of rotatable bonds is 7. The van der Waals surface area contributed by atoms with Crippen molar-refractivity contribution in [1.82, 2.24) is 9.97 Å². The van der Waals surface area contributed by atoms with Crippen LogP contribution in [0, 0.1) is 18.3 Å². The van der Waals surface area contributed by atoms with E-state index < -0.39 is 5.56 Å². The fourth-order valence-electron chi connectivity index (χ4n) is 3.24. The van der Waals surface area contributed by atoms with Crippen molar-refractivity contribution in [2.75, 3.05) is 5.43 Å². The van der Waals surface area contributed by atoms with Crippen molar-refractivity contribution in [3.8, 4) is 23.1 Å². The fourth-order valence-corrected chi connectivity index (χ4v) is 3.24. The van der Waals surface area contributed by atoms with E-state index >= 15 is 0 Å². The highest BCUT2D eigenvalue weighted by Gasteiger charge is 2.13. The Morgan fingerprint density at radius 2 is 1.79 bits per heavy atom. The number of H-pyrrole nitrogens is 1. The van der Waals surface area contributed by atoms with Gasteiger partial charge in [0, 0.05) is 11.1 Å². The Morgan fingerprint density at radius 1 is 1.06 bits per heavy atom. The van der Waals surface area contributed by atoms with Crippen molar-refractivity contribution in [3.05, 3.63) is 111 Å². The molecule has 7 heteroatoms. The number of nitrogens with one attached hydrogen (secondary N) is 2. The molecule has 0 spiro atoms. The molecular formula is C26H21N5O2. The molecule has 0 aliphatic heterocycles. The summed E-state index contributed by atoms with van der Waals surface area (Å²) in [5.74, 6) is 0.810. The van der Waals surface area contributed by atoms with Gasteiger partial charge in [0.15, 0.2) is 0 Å². The normalized spacial score (nSPS) is 10.7. The minimum atomic E-state index is -0.536. The summed E-state index contributed by atoms with van der Waals surface area (Å²) in [6.07, 6.45) is 1.59. The molecular weight excluding hydrogens is 414 g/mol. The first-order chi connectivity index (χ1) is 16.2. The Bertz CT molecular complexity index is 1390. The highest BCUT2D eigenvalue weighted by Crippen LogP contribution is 2.20. The molecule has 7 nitrogen and oxygen atoms in total. The molecule has 0 saturated heterocycles. The first-order valence-corrected chi connectivity index (χ1v) is 10.3. The minimum absolute atomic E-state index is 0.0503. The van der Waals surface area contributed by atoms with Crippen LogP contribution in [0.15, 0.2) is 88.8 Å². The van der Waals surface area contributed by atoms with E-state index in [1.54, 1.807) is 18.3 Å². The summed E-state index contributed by atoms with van der Waals surface area (Å²) in [6, 6.07) is 26.6. The molecule has 4 aromatic rings. The Labute approximate surface area is 191 Å². The molecule has 0 aliphatic carbocycles. The van der Waals surface area contributed by atoms with Crippen LogP contribution in [0.3, 0.4) is 0 Å². The smallest absolute Gasteiger partial charge is 0.270 e. The first-order valence-electron chi connectivity index (χ1n) is 10.3. The molecule has 3 aromatic carbocycles. The zero-order valence-corrected chi connectivity index (χ0v) is 17.9. The van der Waals surface area contributed by atoms with Gasteiger partial charge in [-0.25, -0.2) is 10.4 Å². The molecule has 33 heavy (non-hydrogen) atoms. The predicted molar refractivity (Wildman–Crippen MR) is 128 cm³/mol. The topological polar surface area (TPSA) is 103 Å². The summed E-state index contributed by atoms with van der Waals surface area (Å²) in [6.45, 7) is 2.49. The molecule has 0 saturated carbocycles. The number of nitrogens with zero attached hydrogens (tertiary/aromatic N) is 3. The number of aryl methyl sites for hydroxylation is 1. The molecule has 0 unspecified atom stereocenters. The molecule has 0 atom stereocenters. The third kappa shape index (κ3) is 5.14. The lowest BCUT2D eigenvalue weighted by Crippen LogP contribution is -2.16. The maximum absolute atomic E-state index is 12.4. The number of anilines is 1. The maximum atomic E-state index is 12.4. The molecule has 4 rings (SSSR count). The van der Waals surface area contributed by atoms with E-state index in [2.05, 4.69) is 20.5 Å². The molecule has 1 aromatic heterocycles. The van der Waals surface area contributed by atoms with Crippen LogP contribution in [0.1, 0.15) is 22.3 Å². The second-order valence-electron chi connectivity index (χ2n) is 7.24. The lowest BCUT2D eigenvalue weighted by Gasteiger charge is -2.10. The quantitative estimate of drug-likeness (QED) is 0.325. The number of ether oxygens (including phenoxy) is 1. The van der Waals surface area contributed by atoms with Crippen LogP contribution in [0.25, 0.3) is 11.3 Å². The van der Waals surface area contributed by atoms with Gasteiger partial charge < -0.3 is 4.74 Å². The Balaban J connectivity index is 1.53. The standard InChI is InChI=1S/C26H21N5O2/c1-18-9-5-6-13-21(18)17-33-23-14-8-7-12-20(23)16-28-31-26-29-24(19-10-3-2-4-11-19)22(15-27)25(32)30-26/h2-14,16H,17H2,1H3,(H2,29,30,31,32). The summed E-state index contributed by atoms with van der Waals surface area (Å²) in [5.41, 5.74) is 6.15. The molecule has 162 valence electrons. The fraction of sp³-hybridized carbons (Fsp3) is 0.0769.